The molecule has 1 aliphatic rings. The predicted octanol–water partition coefficient (Wildman–Crippen LogP) is 1.79. The number of para-hydroxylation sites is 1. The van der Waals surface area contributed by atoms with E-state index in [0.29, 0.717) is 0 Å². The summed E-state index contributed by atoms with van der Waals surface area (Å²) in [6.45, 7) is 1.72. The molecule has 0 atom stereocenters. The van der Waals surface area contributed by atoms with Gasteiger partial charge in [0.15, 0.2) is 0 Å². The van der Waals surface area contributed by atoms with Gasteiger partial charge in [0.25, 0.3) is 0 Å². The molecule has 0 amide bonds. The van der Waals surface area contributed by atoms with Gasteiger partial charge in [-0.1, -0.05) is 23.5 Å². The van der Waals surface area contributed by atoms with E-state index >= 15 is 0 Å². The van der Waals surface area contributed by atoms with Gasteiger partial charge in [-0.2, -0.15) is 0 Å². The van der Waals surface area contributed by atoms with Gasteiger partial charge in [0.1, 0.15) is 0 Å². The van der Waals surface area contributed by atoms with E-state index in [9.17, 15) is 0 Å². The van der Waals surface area contributed by atoms with Gasteiger partial charge in [0, 0.05) is 6.54 Å². The quantitative estimate of drug-likeness (QED) is 0.564. The van der Waals surface area contributed by atoms with Gasteiger partial charge in [-0.05, 0) is 12.1 Å². The monoisotopic (exact) mass is 361 g/mol. The number of aliphatic imine (C=N–C) groups is 1. The largest absolute Gasteiger partial charge is 0.353 e. The average Bonchev–Trinajstić information content (AvgIpc) is 2.95. The van der Waals surface area contributed by atoms with Crippen LogP contribution >= 0.6 is 35.3 Å². The number of halogens is 1. The zero-order valence-corrected chi connectivity index (χ0v) is 12.1. The van der Waals surface area contributed by atoms with Crippen molar-refractivity contribution >= 4 is 56.6 Å². The third kappa shape index (κ3) is 2.78. The molecule has 0 aliphatic carbocycles. The normalized spacial score (nSPS) is 13.8. The number of nitrogens with one attached hydrogen (secondary N) is 3. The molecule has 7 heteroatoms. The van der Waals surface area contributed by atoms with E-state index in [4.69, 9.17) is 0 Å². The Hall–Kier alpha value is -1.09. The Labute approximate surface area is 120 Å². The van der Waals surface area contributed by atoms with E-state index in [1.807, 2.05) is 18.2 Å². The Balaban J connectivity index is 0.00000108. The topological polar surface area (TPSA) is 61.3 Å². The average molecular weight is 361 g/mol. The van der Waals surface area contributed by atoms with Crippen molar-refractivity contribution in [1.29, 1.82) is 0 Å². The van der Waals surface area contributed by atoms with E-state index in [-0.39, 0.29) is 24.0 Å². The number of rotatable bonds is 2. The van der Waals surface area contributed by atoms with Crippen LogP contribution in [0, 0.1) is 0 Å². The van der Waals surface area contributed by atoms with Crippen LogP contribution in [0.2, 0.25) is 0 Å². The summed E-state index contributed by atoms with van der Waals surface area (Å²) in [5, 5.41) is 3.96. The van der Waals surface area contributed by atoms with Crippen molar-refractivity contribution in [3.05, 3.63) is 24.3 Å². The summed E-state index contributed by atoms with van der Waals surface area (Å²) in [6.07, 6.45) is 0. The first-order chi connectivity index (χ1) is 7.92. The van der Waals surface area contributed by atoms with Gasteiger partial charge >= 0.3 is 0 Å². The van der Waals surface area contributed by atoms with Crippen molar-refractivity contribution in [2.45, 2.75) is 0 Å². The maximum Gasteiger partial charge on any atom is 0.210 e. The van der Waals surface area contributed by atoms with E-state index < -0.39 is 0 Å². The molecule has 0 unspecified atom stereocenters. The fourth-order valence-electron chi connectivity index (χ4n) is 1.52. The molecule has 0 fully saturated rings. The first-order valence-electron chi connectivity index (χ1n) is 5.08. The van der Waals surface area contributed by atoms with Gasteiger partial charge in [-0.15, -0.1) is 24.0 Å². The summed E-state index contributed by atoms with van der Waals surface area (Å²) in [6, 6.07) is 8.06. The summed E-state index contributed by atoms with van der Waals surface area (Å²) in [7, 11) is 0. The van der Waals surface area contributed by atoms with Crippen molar-refractivity contribution < 1.29 is 0 Å². The van der Waals surface area contributed by atoms with Crippen LogP contribution in [0.1, 0.15) is 0 Å². The summed E-state index contributed by atoms with van der Waals surface area (Å²) >= 11 is 1.61. The molecule has 3 rings (SSSR count). The Bertz CT molecular complexity index is 505. The van der Waals surface area contributed by atoms with E-state index in [1.165, 1.54) is 4.70 Å². The van der Waals surface area contributed by atoms with Gasteiger partial charge in [-0.3, -0.25) is 15.8 Å². The summed E-state index contributed by atoms with van der Waals surface area (Å²) in [4.78, 5) is 8.65. The first-order valence-corrected chi connectivity index (χ1v) is 5.89. The van der Waals surface area contributed by atoms with Crippen LogP contribution in [0.3, 0.4) is 0 Å². The lowest BCUT2D eigenvalue weighted by atomic mass is 10.3. The third-order valence-electron chi connectivity index (χ3n) is 2.26. The minimum absolute atomic E-state index is 0. The lowest BCUT2D eigenvalue weighted by Crippen LogP contribution is -2.37. The van der Waals surface area contributed by atoms with Crippen LogP contribution in [0.5, 0.6) is 0 Å². The van der Waals surface area contributed by atoms with Crippen molar-refractivity contribution in [3.63, 3.8) is 0 Å². The molecular weight excluding hydrogens is 349 g/mol. The molecule has 17 heavy (non-hydrogen) atoms. The summed E-state index contributed by atoms with van der Waals surface area (Å²) < 4.78 is 1.17. The second-order valence-electron chi connectivity index (χ2n) is 3.39. The molecule has 0 saturated carbocycles. The molecule has 2 aromatic rings. The third-order valence-corrected chi connectivity index (χ3v) is 3.21. The van der Waals surface area contributed by atoms with Crippen molar-refractivity contribution in [2.24, 2.45) is 4.99 Å². The van der Waals surface area contributed by atoms with Crippen LogP contribution in [-0.2, 0) is 0 Å². The smallest absolute Gasteiger partial charge is 0.210 e. The highest BCUT2D eigenvalue weighted by Crippen LogP contribution is 2.24. The Kier molecular flexibility index (Phi) is 4.00. The minimum Gasteiger partial charge on any atom is -0.353 e. The highest BCUT2D eigenvalue weighted by molar-refractivity contribution is 14.0. The zero-order valence-electron chi connectivity index (χ0n) is 8.93. The zero-order chi connectivity index (χ0) is 10.8. The molecule has 1 aliphatic heterocycles. The molecule has 1 aromatic heterocycles. The standard InChI is InChI=1S/C10H11N5S.HI/c1-2-4-8-7(3-1)13-10(16-8)15-14-9-11-5-6-12-9;/h1-4H,5-6H2,(H,13,15)(H2,11,12,14);1H. The van der Waals surface area contributed by atoms with E-state index in [0.717, 1.165) is 29.7 Å². The highest BCUT2D eigenvalue weighted by Gasteiger charge is 2.05. The number of thiazole rings is 1. The second kappa shape index (κ2) is 5.50. The minimum atomic E-state index is 0. The number of fused-ring (bicyclic) bond motifs is 1. The van der Waals surface area contributed by atoms with Crippen LogP contribution in [0.25, 0.3) is 10.2 Å². The molecule has 0 radical (unpaired) electrons. The van der Waals surface area contributed by atoms with Gasteiger partial charge in [-0.25, -0.2) is 4.98 Å². The Morgan fingerprint density at radius 3 is 2.88 bits per heavy atom. The van der Waals surface area contributed by atoms with Crippen LogP contribution in [-0.4, -0.2) is 24.0 Å². The molecule has 5 nitrogen and oxygen atoms in total. The molecule has 3 N–H and O–H groups in total. The SMILES string of the molecule is I.c1ccc2sc(NNC3=NCCN3)nc2c1. The summed E-state index contributed by atoms with van der Waals surface area (Å²) in [5.41, 5.74) is 7.05. The maximum atomic E-state index is 4.44. The van der Waals surface area contributed by atoms with Crippen LogP contribution in [0.15, 0.2) is 29.3 Å². The second-order valence-corrected chi connectivity index (χ2v) is 4.42. The maximum absolute atomic E-state index is 4.44. The molecule has 0 saturated heterocycles. The number of nitrogens with zero attached hydrogens (tertiary/aromatic N) is 2. The molecule has 0 spiro atoms. The van der Waals surface area contributed by atoms with Gasteiger partial charge in [0.2, 0.25) is 11.1 Å². The van der Waals surface area contributed by atoms with Gasteiger partial charge in [0.05, 0.1) is 16.8 Å². The van der Waals surface area contributed by atoms with Crippen LogP contribution in [0.4, 0.5) is 5.13 Å². The summed E-state index contributed by atoms with van der Waals surface area (Å²) in [5.74, 6) is 0.777. The molecule has 90 valence electrons. The molecule has 1 aromatic carbocycles. The van der Waals surface area contributed by atoms with Crippen molar-refractivity contribution in [3.8, 4) is 0 Å². The fourth-order valence-corrected chi connectivity index (χ4v) is 2.34. The lowest BCUT2D eigenvalue weighted by Gasteiger charge is -2.05. The number of guanidine groups is 1. The first kappa shape index (κ1) is 12.4. The van der Waals surface area contributed by atoms with Crippen molar-refractivity contribution in [1.82, 2.24) is 15.7 Å². The fraction of sp³-hybridized carbons (Fsp3) is 0.200. The van der Waals surface area contributed by atoms with Gasteiger partial charge < -0.3 is 5.32 Å². The Morgan fingerprint density at radius 2 is 2.12 bits per heavy atom. The van der Waals surface area contributed by atoms with Crippen molar-refractivity contribution in [2.75, 3.05) is 18.5 Å². The lowest BCUT2D eigenvalue weighted by molar-refractivity contribution is 0.937. The van der Waals surface area contributed by atoms with Crippen LogP contribution < -0.4 is 16.2 Å². The number of anilines is 1. The molecule has 0 bridgehead atoms. The highest BCUT2D eigenvalue weighted by atomic mass is 127. The molecular formula is C10H12IN5S. The Morgan fingerprint density at radius 1 is 1.24 bits per heavy atom. The van der Waals surface area contributed by atoms with E-state index in [2.05, 4.69) is 32.2 Å². The molecule has 2 heterocycles. The number of aromatic nitrogens is 1. The number of hydrogen-bond donors (Lipinski definition) is 3. The number of hydrogen-bond acceptors (Lipinski definition) is 6. The predicted molar refractivity (Wildman–Crippen MR) is 82.1 cm³/mol. The number of benzene rings is 1. The number of hydrazine groups is 1. The van der Waals surface area contributed by atoms with E-state index in [1.54, 1.807) is 11.3 Å².